The summed E-state index contributed by atoms with van der Waals surface area (Å²) in [6, 6.07) is 37.8. The van der Waals surface area contributed by atoms with Crippen LogP contribution in [0.4, 0.5) is 5.69 Å². The lowest BCUT2D eigenvalue weighted by Gasteiger charge is -2.17. The number of anilines is 1. The second-order valence-electron chi connectivity index (χ2n) is 15.5. The van der Waals surface area contributed by atoms with Crippen molar-refractivity contribution in [2.45, 2.75) is 67.9 Å². The molecule has 14 heteroatoms. The normalized spacial score (nSPS) is 11.9. The zero-order chi connectivity index (χ0) is 42.5. The second kappa shape index (κ2) is 18.3. The van der Waals surface area contributed by atoms with Gasteiger partial charge in [-0.2, -0.15) is 0 Å². The van der Waals surface area contributed by atoms with Crippen LogP contribution in [0.5, 0.6) is 0 Å². The van der Waals surface area contributed by atoms with Crippen LogP contribution in [0.2, 0.25) is 0 Å². The fourth-order valence-electron chi connectivity index (χ4n) is 7.57. The maximum absolute atomic E-state index is 13.4. The van der Waals surface area contributed by atoms with Crippen molar-refractivity contribution in [3.63, 3.8) is 0 Å². The fraction of sp³-hybridized carbons (Fsp3) is 0.255. The molecular formula is C47H48N8O4S2. The standard InChI is InChI=1S/C47H48N8O4S2/c1-32(2)60-47-43(50-52-55(47)31-42-38-13-7-5-11-35(38)27-36-12-6-8-14-39(36)42)25-26-59-46(56)24-23-37-30-54(51-49-37)29-34-21-19-33(20-22-34)28-48-61(57,58)45-18-10-15-40-41(45)16-9-17-44(40)53(3)4/h5-22,27,30,32,48H,23-26,28-29,31H2,1-4H3. The number of ether oxygens (including phenoxy) is 1. The Labute approximate surface area is 360 Å². The molecule has 0 fully saturated rings. The van der Waals surface area contributed by atoms with Gasteiger partial charge >= 0.3 is 5.97 Å². The molecule has 0 atom stereocenters. The number of benzene rings is 6. The van der Waals surface area contributed by atoms with Crippen LogP contribution in [0.25, 0.3) is 32.3 Å². The van der Waals surface area contributed by atoms with E-state index in [0.717, 1.165) is 32.9 Å². The van der Waals surface area contributed by atoms with E-state index in [-0.39, 0.29) is 30.4 Å². The van der Waals surface area contributed by atoms with Gasteiger partial charge in [-0.3, -0.25) is 4.79 Å². The van der Waals surface area contributed by atoms with E-state index in [1.807, 2.05) is 78.4 Å². The van der Waals surface area contributed by atoms with Crippen molar-refractivity contribution in [3.8, 4) is 0 Å². The number of aryl methyl sites for hydroxylation is 1. The Hall–Kier alpha value is -6.09. The van der Waals surface area contributed by atoms with E-state index in [1.165, 1.54) is 27.1 Å². The van der Waals surface area contributed by atoms with Crippen molar-refractivity contribution in [1.82, 2.24) is 34.7 Å². The second-order valence-corrected chi connectivity index (χ2v) is 18.8. The molecule has 6 aromatic carbocycles. The number of esters is 1. The van der Waals surface area contributed by atoms with Gasteiger partial charge in [0.15, 0.2) is 0 Å². The largest absolute Gasteiger partial charge is 0.465 e. The van der Waals surface area contributed by atoms with Gasteiger partial charge in [0.2, 0.25) is 10.0 Å². The highest BCUT2D eigenvalue weighted by atomic mass is 32.2. The van der Waals surface area contributed by atoms with Crippen molar-refractivity contribution in [2.75, 3.05) is 25.6 Å². The highest BCUT2D eigenvalue weighted by Gasteiger charge is 2.20. The molecule has 0 aliphatic heterocycles. The van der Waals surface area contributed by atoms with E-state index in [2.05, 4.69) is 93.8 Å². The first-order valence-electron chi connectivity index (χ1n) is 20.3. The molecule has 0 bridgehead atoms. The van der Waals surface area contributed by atoms with Crippen molar-refractivity contribution in [3.05, 3.63) is 150 Å². The zero-order valence-electron chi connectivity index (χ0n) is 34.7. The Bertz CT molecular complexity index is 2890. The molecule has 0 amide bonds. The van der Waals surface area contributed by atoms with Gasteiger partial charge in [-0.1, -0.05) is 121 Å². The summed E-state index contributed by atoms with van der Waals surface area (Å²) in [5.41, 5.74) is 5.46. The number of sulfonamides is 1. The summed E-state index contributed by atoms with van der Waals surface area (Å²) in [5, 5.41) is 25.3. The molecule has 12 nitrogen and oxygen atoms in total. The number of carbonyl (C=O) groups is 1. The van der Waals surface area contributed by atoms with Crippen LogP contribution >= 0.6 is 11.8 Å². The van der Waals surface area contributed by atoms with Crippen molar-refractivity contribution < 1.29 is 17.9 Å². The van der Waals surface area contributed by atoms with E-state index >= 15 is 0 Å². The summed E-state index contributed by atoms with van der Waals surface area (Å²) in [6.45, 7) is 5.70. The van der Waals surface area contributed by atoms with Gasteiger partial charge < -0.3 is 9.64 Å². The number of hydrogen-bond donors (Lipinski definition) is 1. The first kappa shape index (κ1) is 41.6. The Morgan fingerprint density at radius 2 is 1.44 bits per heavy atom. The third-order valence-corrected chi connectivity index (χ3v) is 13.1. The molecule has 312 valence electrons. The smallest absolute Gasteiger partial charge is 0.306 e. The molecule has 0 unspecified atom stereocenters. The van der Waals surface area contributed by atoms with Crippen LogP contribution in [0.3, 0.4) is 0 Å². The number of carbonyl (C=O) groups excluding carboxylic acids is 1. The van der Waals surface area contributed by atoms with Gasteiger partial charge in [-0.15, -0.1) is 22.0 Å². The average molecular weight is 853 g/mol. The zero-order valence-corrected chi connectivity index (χ0v) is 36.3. The molecule has 2 aromatic heterocycles. The lowest BCUT2D eigenvalue weighted by Crippen LogP contribution is -2.23. The lowest BCUT2D eigenvalue weighted by molar-refractivity contribution is -0.143. The summed E-state index contributed by atoms with van der Waals surface area (Å²) < 4.78 is 38.9. The predicted molar refractivity (Wildman–Crippen MR) is 242 cm³/mol. The number of aromatic nitrogens is 6. The van der Waals surface area contributed by atoms with E-state index in [4.69, 9.17) is 4.74 Å². The van der Waals surface area contributed by atoms with Gasteiger partial charge in [0.25, 0.3) is 0 Å². The third-order valence-electron chi connectivity index (χ3n) is 10.5. The maximum atomic E-state index is 13.4. The van der Waals surface area contributed by atoms with E-state index in [9.17, 15) is 13.2 Å². The molecule has 8 aromatic rings. The van der Waals surface area contributed by atoms with Crippen molar-refractivity contribution in [2.24, 2.45) is 0 Å². The number of fused-ring (bicyclic) bond motifs is 3. The van der Waals surface area contributed by atoms with Crippen LogP contribution in [0.1, 0.15) is 48.3 Å². The number of nitrogens with one attached hydrogen (secondary N) is 1. The molecule has 1 N–H and O–H groups in total. The van der Waals surface area contributed by atoms with Gasteiger partial charge in [0, 0.05) is 61.4 Å². The molecule has 8 rings (SSSR count). The molecule has 0 saturated heterocycles. The lowest BCUT2D eigenvalue weighted by atomic mass is 9.97. The first-order valence-corrected chi connectivity index (χ1v) is 22.7. The molecule has 61 heavy (non-hydrogen) atoms. The highest BCUT2D eigenvalue weighted by molar-refractivity contribution is 7.99. The van der Waals surface area contributed by atoms with Crippen LogP contribution in [-0.4, -0.2) is 70.3 Å². The van der Waals surface area contributed by atoms with E-state index in [0.29, 0.717) is 42.3 Å². The summed E-state index contributed by atoms with van der Waals surface area (Å²) in [6.07, 6.45) is 2.86. The van der Waals surface area contributed by atoms with Gasteiger partial charge in [-0.25, -0.2) is 22.5 Å². The number of thioether (sulfide) groups is 1. The minimum Gasteiger partial charge on any atom is -0.465 e. The molecule has 0 saturated carbocycles. The molecule has 2 heterocycles. The summed E-state index contributed by atoms with van der Waals surface area (Å²) in [5.74, 6) is -0.313. The minimum atomic E-state index is -3.77. The minimum absolute atomic E-state index is 0.150. The van der Waals surface area contributed by atoms with Crippen molar-refractivity contribution >= 4 is 65.8 Å². The summed E-state index contributed by atoms with van der Waals surface area (Å²) in [7, 11) is 0.108. The quantitative estimate of drug-likeness (QED) is 0.0543. The Morgan fingerprint density at radius 1 is 0.770 bits per heavy atom. The summed E-state index contributed by atoms with van der Waals surface area (Å²) in [4.78, 5) is 15.0. The summed E-state index contributed by atoms with van der Waals surface area (Å²) >= 11 is 1.72. The van der Waals surface area contributed by atoms with Gasteiger partial charge in [-0.05, 0) is 56.4 Å². The third kappa shape index (κ3) is 9.62. The van der Waals surface area contributed by atoms with Crippen LogP contribution in [0, 0.1) is 0 Å². The highest BCUT2D eigenvalue weighted by Crippen LogP contribution is 2.33. The monoisotopic (exact) mass is 852 g/mol. The van der Waals surface area contributed by atoms with Gasteiger partial charge in [0.05, 0.1) is 42.4 Å². The van der Waals surface area contributed by atoms with E-state index in [1.54, 1.807) is 28.6 Å². The van der Waals surface area contributed by atoms with Crippen LogP contribution < -0.4 is 9.62 Å². The maximum Gasteiger partial charge on any atom is 0.306 e. The molecule has 0 aliphatic carbocycles. The fourth-order valence-corrected chi connectivity index (χ4v) is 9.76. The van der Waals surface area contributed by atoms with Gasteiger partial charge in [0.1, 0.15) is 5.03 Å². The van der Waals surface area contributed by atoms with Crippen LogP contribution in [-0.2, 0) is 52.0 Å². The molecular weight excluding hydrogens is 805 g/mol. The average Bonchev–Trinajstić information content (AvgIpc) is 3.87. The molecule has 0 radical (unpaired) electrons. The van der Waals surface area contributed by atoms with Crippen molar-refractivity contribution in [1.29, 1.82) is 0 Å². The Kier molecular flexibility index (Phi) is 12.5. The number of hydrogen-bond acceptors (Lipinski definition) is 10. The van der Waals surface area contributed by atoms with Crippen LogP contribution in [0.15, 0.2) is 131 Å². The Morgan fingerprint density at radius 3 is 2.16 bits per heavy atom. The molecule has 0 aliphatic rings. The SMILES string of the molecule is CC(C)Sc1c(CCOC(=O)CCc2cn(Cc3ccc(CNS(=O)(=O)c4cccc5c(N(C)C)cccc45)cc3)nn2)nnn1Cc1c2ccccc2cc2ccccc12. The topological polar surface area (TPSA) is 137 Å². The Balaban J connectivity index is 0.825. The number of nitrogens with zero attached hydrogens (tertiary/aromatic N) is 7. The first-order chi connectivity index (χ1) is 29.5. The number of rotatable bonds is 17. The predicted octanol–water partition coefficient (Wildman–Crippen LogP) is 8.19. The van der Waals surface area contributed by atoms with E-state index < -0.39 is 10.0 Å². The molecule has 0 spiro atoms.